The molecule has 0 aromatic rings. The first kappa shape index (κ1) is 15.2. The van der Waals surface area contributed by atoms with Gasteiger partial charge in [0.05, 0.1) is 11.7 Å². The van der Waals surface area contributed by atoms with Gasteiger partial charge in [-0.2, -0.15) is 0 Å². The van der Waals surface area contributed by atoms with Crippen LogP contribution in [0.5, 0.6) is 0 Å². The molecule has 4 aliphatic rings. The lowest BCUT2D eigenvalue weighted by Gasteiger charge is -2.47. The van der Waals surface area contributed by atoms with Crippen LogP contribution in [0.4, 0.5) is 0 Å². The van der Waals surface area contributed by atoms with Crippen molar-refractivity contribution in [3.63, 3.8) is 0 Å². The molecule has 2 bridgehead atoms. The lowest BCUT2D eigenvalue weighted by atomic mass is 9.63. The fourth-order valence-electron chi connectivity index (χ4n) is 7.23. The second kappa shape index (κ2) is 4.19. The maximum atomic E-state index is 6.63. The quantitative estimate of drug-likeness (QED) is 0.639. The van der Waals surface area contributed by atoms with Crippen molar-refractivity contribution in [2.24, 2.45) is 28.6 Å². The molecule has 22 heavy (non-hydrogen) atoms. The molecule has 2 heteroatoms. The summed E-state index contributed by atoms with van der Waals surface area (Å²) in [5, 5.41) is 0. The minimum atomic E-state index is -0.539. The Morgan fingerprint density at radius 2 is 1.73 bits per heavy atom. The van der Waals surface area contributed by atoms with Crippen molar-refractivity contribution in [2.75, 3.05) is 0 Å². The number of hydrogen-bond donors (Lipinski definition) is 0. The Labute approximate surface area is 135 Å². The van der Waals surface area contributed by atoms with Crippen LogP contribution < -0.4 is 0 Å². The summed E-state index contributed by atoms with van der Waals surface area (Å²) in [6.07, 6.45) is 9.73. The van der Waals surface area contributed by atoms with Gasteiger partial charge in [0.1, 0.15) is 0 Å². The van der Waals surface area contributed by atoms with Gasteiger partial charge in [-0.15, -0.1) is 0 Å². The van der Waals surface area contributed by atoms with Crippen LogP contribution in [-0.4, -0.2) is 17.5 Å². The minimum Gasteiger partial charge on any atom is -0.340 e. The number of fused-ring (bicyclic) bond motifs is 3. The van der Waals surface area contributed by atoms with Crippen molar-refractivity contribution in [1.29, 1.82) is 0 Å². The monoisotopic (exact) mass is 304 g/mol. The van der Waals surface area contributed by atoms with Crippen molar-refractivity contribution in [1.82, 2.24) is 0 Å². The van der Waals surface area contributed by atoms with E-state index in [1.54, 1.807) is 0 Å². The van der Waals surface area contributed by atoms with Crippen LogP contribution in [0.15, 0.2) is 12.2 Å². The van der Waals surface area contributed by atoms with E-state index in [4.69, 9.17) is 9.47 Å². The molecule has 0 N–H and O–H groups in total. The summed E-state index contributed by atoms with van der Waals surface area (Å²) < 4.78 is 13.1. The molecule has 0 aromatic heterocycles. The van der Waals surface area contributed by atoms with Gasteiger partial charge in [0.15, 0.2) is 5.79 Å². The van der Waals surface area contributed by atoms with Crippen molar-refractivity contribution in [3.8, 4) is 0 Å². The molecule has 4 rings (SSSR count). The first-order chi connectivity index (χ1) is 10.2. The van der Waals surface area contributed by atoms with Gasteiger partial charge in [-0.25, -0.2) is 0 Å². The van der Waals surface area contributed by atoms with Crippen LogP contribution in [0, 0.1) is 28.6 Å². The molecule has 0 amide bonds. The Morgan fingerprint density at radius 3 is 2.41 bits per heavy atom. The number of rotatable bonds is 1. The van der Waals surface area contributed by atoms with Crippen LogP contribution >= 0.6 is 0 Å². The second-order valence-corrected chi connectivity index (χ2v) is 9.45. The summed E-state index contributed by atoms with van der Waals surface area (Å²) in [7, 11) is 0. The van der Waals surface area contributed by atoms with Crippen LogP contribution in [0.25, 0.3) is 0 Å². The Kier molecular flexibility index (Phi) is 2.89. The average Bonchev–Trinajstić information content (AvgIpc) is 2.92. The first-order valence-corrected chi connectivity index (χ1v) is 9.20. The predicted molar refractivity (Wildman–Crippen MR) is 88.4 cm³/mol. The average molecular weight is 304 g/mol. The molecule has 1 spiro atoms. The summed E-state index contributed by atoms with van der Waals surface area (Å²) in [6.45, 7) is 14.0. The van der Waals surface area contributed by atoms with Gasteiger partial charge in [-0.3, -0.25) is 0 Å². The molecule has 1 heterocycles. The third kappa shape index (κ3) is 1.59. The van der Waals surface area contributed by atoms with Gasteiger partial charge < -0.3 is 9.47 Å². The Bertz CT molecular complexity index is 524. The second-order valence-electron chi connectivity index (χ2n) is 9.45. The molecule has 7 atom stereocenters. The maximum absolute atomic E-state index is 6.63. The van der Waals surface area contributed by atoms with E-state index < -0.39 is 5.79 Å². The standard InChI is InChI=1S/C20H32O2/c1-7-10-18(5)21-16-12-20-11-15(19(16,6)22-18)17(3,4)14(20)9-8-13(20)2/h7,10,13-16H,8-9,11-12H2,1-6H3/b10-7+/t13-,14+,15-,16+,18+,19-,20-/m1/s1. The van der Waals surface area contributed by atoms with Crippen molar-refractivity contribution < 1.29 is 9.47 Å². The third-order valence-electron chi connectivity index (χ3n) is 8.11. The van der Waals surface area contributed by atoms with Gasteiger partial charge in [0.25, 0.3) is 0 Å². The van der Waals surface area contributed by atoms with Crippen molar-refractivity contribution in [2.45, 2.75) is 84.7 Å². The van der Waals surface area contributed by atoms with E-state index in [-0.39, 0.29) is 11.7 Å². The lowest BCUT2D eigenvalue weighted by Crippen LogP contribution is -2.52. The van der Waals surface area contributed by atoms with E-state index in [1.165, 1.54) is 25.7 Å². The van der Waals surface area contributed by atoms with E-state index >= 15 is 0 Å². The molecule has 3 saturated carbocycles. The van der Waals surface area contributed by atoms with Gasteiger partial charge >= 0.3 is 0 Å². The summed E-state index contributed by atoms with van der Waals surface area (Å²) in [6, 6.07) is 0. The van der Waals surface area contributed by atoms with Crippen molar-refractivity contribution >= 4 is 0 Å². The molecule has 4 fully saturated rings. The lowest BCUT2D eigenvalue weighted by molar-refractivity contribution is -0.158. The fourth-order valence-corrected chi connectivity index (χ4v) is 7.23. The normalized spacial score (nSPS) is 59.0. The summed E-state index contributed by atoms with van der Waals surface area (Å²) in [4.78, 5) is 0. The number of allylic oxidation sites excluding steroid dienone is 1. The van der Waals surface area contributed by atoms with Crippen LogP contribution in [0.1, 0.15) is 67.2 Å². The molecule has 0 aromatic carbocycles. The Balaban J connectivity index is 1.78. The van der Waals surface area contributed by atoms with Gasteiger partial charge in [-0.05, 0) is 81.1 Å². The molecular weight excluding hydrogens is 272 g/mol. The third-order valence-corrected chi connectivity index (χ3v) is 8.11. The minimum absolute atomic E-state index is 0.132. The van der Waals surface area contributed by atoms with E-state index in [0.717, 1.165) is 11.8 Å². The highest BCUT2D eigenvalue weighted by atomic mass is 16.8. The Hall–Kier alpha value is -0.340. The van der Waals surface area contributed by atoms with E-state index in [9.17, 15) is 0 Å². The van der Waals surface area contributed by atoms with Crippen LogP contribution in [0.2, 0.25) is 0 Å². The van der Waals surface area contributed by atoms with E-state index in [0.29, 0.717) is 16.7 Å². The summed E-state index contributed by atoms with van der Waals surface area (Å²) >= 11 is 0. The molecule has 1 aliphatic heterocycles. The molecule has 1 saturated heterocycles. The smallest absolute Gasteiger partial charge is 0.186 e. The summed E-state index contributed by atoms with van der Waals surface area (Å²) in [5.41, 5.74) is 0.731. The highest BCUT2D eigenvalue weighted by Crippen LogP contribution is 2.75. The van der Waals surface area contributed by atoms with Crippen molar-refractivity contribution in [3.05, 3.63) is 12.2 Å². The zero-order valence-corrected chi connectivity index (χ0v) is 15.1. The van der Waals surface area contributed by atoms with Gasteiger partial charge in [-0.1, -0.05) is 26.8 Å². The zero-order valence-electron chi connectivity index (χ0n) is 15.1. The predicted octanol–water partition coefficient (Wildman–Crippen LogP) is 4.94. The van der Waals surface area contributed by atoms with Crippen LogP contribution in [-0.2, 0) is 9.47 Å². The highest BCUT2D eigenvalue weighted by molar-refractivity contribution is 5.22. The van der Waals surface area contributed by atoms with E-state index in [2.05, 4.69) is 46.8 Å². The van der Waals surface area contributed by atoms with Crippen LogP contribution in [0.3, 0.4) is 0 Å². The molecule has 2 nitrogen and oxygen atoms in total. The SMILES string of the molecule is C/C=C/[C@@]1(C)O[C@H]2C[C@@]34C[C@H](C(C)(C)[C@@H]3CC[C@H]4C)[C@@]2(C)O1. The van der Waals surface area contributed by atoms with Gasteiger partial charge in [0.2, 0.25) is 0 Å². The topological polar surface area (TPSA) is 18.5 Å². The van der Waals surface area contributed by atoms with E-state index in [1.807, 2.05) is 6.92 Å². The summed E-state index contributed by atoms with van der Waals surface area (Å²) in [5.74, 6) is 1.76. The fraction of sp³-hybridized carbons (Fsp3) is 0.900. The number of hydrogen-bond acceptors (Lipinski definition) is 2. The number of ether oxygens (including phenoxy) is 2. The Morgan fingerprint density at radius 1 is 1.00 bits per heavy atom. The molecule has 124 valence electrons. The molecule has 3 aliphatic carbocycles. The first-order valence-electron chi connectivity index (χ1n) is 9.20. The largest absolute Gasteiger partial charge is 0.340 e. The van der Waals surface area contributed by atoms with Gasteiger partial charge in [0, 0.05) is 0 Å². The molecular formula is C20H32O2. The molecule has 0 unspecified atom stereocenters. The zero-order chi connectivity index (χ0) is 16.0. The maximum Gasteiger partial charge on any atom is 0.186 e. The highest BCUT2D eigenvalue weighted by Gasteiger charge is 2.74. The molecule has 0 radical (unpaired) electrons.